The molecular formula is C17H16BrFN2O. The highest BCUT2D eigenvalue weighted by atomic mass is 79.9. The van der Waals surface area contributed by atoms with E-state index >= 15 is 0 Å². The summed E-state index contributed by atoms with van der Waals surface area (Å²) in [6.07, 6.45) is 1.60. The molecule has 5 heteroatoms. The Kier molecular flexibility index (Phi) is 4.16. The molecule has 22 heavy (non-hydrogen) atoms. The van der Waals surface area contributed by atoms with Gasteiger partial charge in [0.2, 0.25) is 0 Å². The third kappa shape index (κ3) is 2.86. The Morgan fingerprint density at radius 3 is 2.86 bits per heavy atom. The fourth-order valence-corrected chi connectivity index (χ4v) is 3.15. The zero-order chi connectivity index (χ0) is 15.7. The first-order valence-corrected chi connectivity index (χ1v) is 7.99. The van der Waals surface area contributed by atoms with Gasteiger partial charge in [-0.25, -0.2) is 9.18 Å². The number of nitrogens with zero attached hydrogens (tertiary/aromatic N) is 1. The summed E-state index contributed by atoms with van der Waals surface area (Å²) in [5.41, 5.74) is 2.37. The van der Waals surface area contributed by atoms with Crippen molar-refractivity contribution in [2.45, 2.75) is 25.8 Å². The van der Waals surface area contributed by atoms with Crippen molar-refractivity contribution < 1.29 is 9.18 Å². The number of nitrogens with one attached hydrogen (secondary N) is 1. The van der Waals surface area contributed by atoms with Crippen LogP contribution in [0.5, 0.6) is 0 Å². The number of fused-ring (bicyclic) bond motifs is 1. The number of amides is 2. The standard InChI is InChI=1S/C17H16BrFN2O/c1-11-6-7-12-10-13(19)8-9-16(12)21(11)17(22)20-15-5-3-2-4-14(15)18/h2-5,8-11H,6-7H2,1H3,(H,20,22)/t11-/m1/s1. The van der Waals surface area contributed by atoms with Gasteiger partial charge in [-0.15, -0.1) is 0 Å². The molecule has 0 saturated heterocycles. The summed E-state index contributed by atoms with van der Waals surface area (Å²) < 4.78 is 14.2. The Labute approximate surface area is 137 Å². The summed E-state index contributed by atoms with van der Waals surface area (Å²) in [6.45, 7) is 2.01. The lowest BCUT2D eigenvalue weighted by molar-refractivity contribution is 0.254. The fraction of sp³-hybridized carbons (Fsp3) is 0.235. The Bertz CT molecular complexity index is 720. The van der Waals surface area contributed by atoms with Gasteiger partial charge in [0.15, 0.2) is 0 Å². The molecule has 1 aliphatic rings. The molecule has 0 bridgehead atoms. The molecule has 0 unspecified atom stereocenters. The normalized spacial score (nSPS) is 17.0. The molecule has 2 aromatic carbocycles. The van der Waals surface area contributed by atoms with Gasteiger partial charge in [-0.2, -0.15) is 0 Å². The van der Waals surface area contributed by atoms with E-state index in [9.17, 15) is 9.18 Å². The van der Waals surface area contributed by atoms with Crippen molar-refractivity contribution in [3.05, 3.63) is 58.3 Å². The topological polar surface area (TPSA) is 32.3 Å². The molecule has 3 nitrogen and oxygen atoms in total. The lowest BCUT2D eigenvalue weighted by atomic mass is 9.97. The number of rotatable bonds is 1. The van der Waals surface area contributed by atoms with Crippen molar-refractivity contribution >= 4 is 33.3 Å². The molecule has 0 radical (unpaired) electrons. The van der Waals surface area contributed by atoms with Crippen molar-refractivity contribution in [1.82, 2.24) is 0 Å². The van der Waals surface area contributed by atoms with Crippen molar-refractivity contribution in [2.24, 2.45) is 0 Å². The lowest BCUT2D eigenvalue weighted by Crippen LogP contribution is -2.44. The summed E-state index contributed by atoms with van der Waals surface area (Å²) in [4.78, 5) is 14.4. The van der Waals surface area contributed by atoms with Crippen LogP contribution < -0.4 is 10.2 Å². The quantitative estimate of drug-likeness (QED) is 0.763. The Morgan fingerprint density at radius 1 is 1.32 bits per heavy atom. The van der Waals surface area contributed by atoms with Crippen LogP contribution >= 0.6 is 15.9 Å². The van der Waals surface area contributed by atoms with Crippen molar-refractivity contribution in [3.63, 3.8) is 0 Å². The summed E-state index contributed by atoms with van der Waals surface area (Å²) >= 11 is 3.42. The van der Waals surface area contributed by atoms with Crippen LogP contribution in [0.2, 0.25) is 0 Å². The first-order valence-electron chi connectivity index (χ1n) is 7.19. The summed E-state index contributed by atoms with van der Waals surface area (Å²) in [5.74, 6) is -0.264. The summed E-state index contributed by atoms with van der Waals surface area (Å²) in [7, 11) is 0. The minimum absolute atomic E-state index is 0.0699. The van der Waals surface area contributed by atoms with Gasteiger partial charge < -0.3 is 5.32 Å². The van der Waals surface area contributed by atoms with Gasteiger partial charge in [-0.05, 0) is 71.6 Å². The number of urea groups is 1. The van der Waals surface area contributed by atoms with E-state index in [-0.39, 0.29) is 17.9 Å². The number of benzene rings is 2. The first-order chi connectivity index (χ1) is 10.6. The Morgan fingerprint density at radius 2 is 2.09 bits per heavy atom. The zero-order valence-corrected chi connectivity index (χ0v) is 13.7. The number of hydrogen-bond acceptors (Lipinski definition) is 1. The van der Waals surface area contributed by atoms with Crippen LogP contribution in [-0.2, 0) is 6.42 Å². The van der Waals surface area contributed by atoms with Gasteiger partial charge in [-0.3, -0.25) is 4.90 Å². The monoisotopic (exact) mass is 362 g/mol. The van der Waals surface area contributed by atoms with E-state index in [0.717, 1.165) is 28.6 Å². The molecule has 1 N–H and O–H groups in total. The van der Waals surface area contributed by atoms with Crippen LogP contribution in [0.4, 0.5) is 20.6 Å². The number of para-hydroxylation sites is 1. The van der Waals surface area contributed by atoms with Gasteiger partial charge in [0.25, 0.3) is 0 Å². The molecule has 3 rings (SSSR count). The lowest BCUT2D eigenvalue weighted by Gasteiger charge is -2.35. The predicted molar refractivity (Wildman–Crippen MR) is 89.8 cm³/mol. The van der Waals surface area contributed by atoms with Crippen molar-refractivity contribution in [1.29, 1.82) is 0 Å². The van der Waals surface area contributed by atoms with E-state index in [2.05, 4.69) is 21.2 Å². The van der Waals surface area contributed by atoms with Crippen LogP contribution in [0.25, 0.3) is 0 Å². The third-order valence-electron chi connectivity index (χ3n) is 3.91. The number of hydrogen-bond donors (Lipinski definition) is 1. The van der Waals surface area contributed by atoms with Crippen LogP contribution in [0, 0.1) is 5.82 Å². The second kappa shape index (κ2) is 6.08. The molecule has 2 amide bonds. The summed E-state index contributed by atoms with van der Waals surface area (Å²) in [6, 6.07) is 11.9. The van der Waals surface area contributed by atoms with Gasteiger partial charge in [0.05, 0.1) is 5.69 Å². The Hall–Kier alpha value is -1.88. The molecule has 2 aromatic rings. The average Bonchev–Trinajstić information content (AvgIpc) is 2.49. The van der Waals surface area contributed by atoms with Crippen LogP contribution in [0.3, 0.4) is 0 Å². The van der Waals surface area contributed by atoms with Gasteiger partial charge in [-0.1, -0.05) is 12.1 Å². The van der Waals surface area contributed by atoms with E-state index < -0.39 is 0 Å². The van der Waals surface area contributed by atoms with E-state index in [4.69, 9.17) is 0 Å². The van der Waals surface area contributed by atoms with Crippen LogP contribution in [0.1, 0.15) is 18.9 Å². The number of aryl methyl sites for hydroxylation is 1. The minimum atomic E-state index is -0.264. The second-order valence-corrected chi connectivity index (χ2v) is 6.30. The van der Waals surface area contributed by atoms with E-state index in [0.29, 0.717) is 5.69 Å². The van der Waals surface area contributed by atoms with Gasteiger partial charge in [0.1, 0.15) is 5.82 Å². The molecule has 0 aromatic heterocycles. The maximum absolute atomic E-state index is 13.4. The fourth-order valence-electron chi connectivity index (χ4n) is 2.77. The molecule has 1 heterocycles. The second-order valence-electron chi connectivity index (χ2n) is 5.44. The molecule has 114 valence electrons. The molecule has 1 atom stereocenters. The van der Waals surface area contributed by atoms with Gasteiger partial charge in [0, 0.05) is 16.2 Å². The largest absolute Gasteiger partial charge is 0.326 e. The van der Waals surface area contributed by atoms with Crippen molar-refractivity contribution in [2.75, 3.05) is 10.2 Å². The maximum Gasteiger partial charge on any atom is 0.326 e. The number of carbonyl (C=O) groups is 1. The molecule has 0 spiro atoms. The molecule has 0 saturated carbocycles. The third-order valence-corrected chi connectivity index (χ3v) is 4.60. The van der Waals surface area contributed by atoms with E-state index in [1.54, 1.807) is 11.0 Å². The van der Waals surface area contributed by atoms with Crippen LogP contribution in [-0.4, -0.2) is 12.1 Å². The van der Waals surface area contributed by atoms with Gasteiger partial charge >= 0.3 is 6.03 Å². The highest BCUT2D eigenvalue weighted by molar-refractivity contribution is 9.10. The zero-order valence-electron chi connectivity index (χ0n) is 12.1. The molecule has 0 fully saturated rings. The Balaban J connectivity index is 1.91. The first kappa shape index (κ1) is 15.0. The maximum atomic E-state index is 13.4. The minimum Gasteiger partial charge on any atom is -0.306 e. The highest BCUT2D eigenvalue weighted by Gasteiger charge is 2.28. The highest BCUT2D eigenvalue weighted by Crippen LogP contribution is 2.32. The average molecular weight is 363 g/mol. The summed E-state index contributed by atoms with van der Waals surface area (Å²) in [5, 5.41) is 2.91. The molecule has 1 aliphatic heterocycles. The smallest absolute Gasteiger partial charge is 0.306 e. The SMILES string of the molecule is C[C@@H]1CCc2cc(F)ccc2N1C(=O)Nc1ccccc1Br. The molecular weight excluding hydrogens is 347 g/mol. The van der Waals surface area contributed by atoms with Crippen LogP contribution in [0.15, 0.2) is 46.9 Å². The number of anilines is 2. The van der Waals surface area contributed by atoms with Crippen molar-refractivity contribution in [3.8, 4) is 0 Å². The van der Waals surface area contributed by atoms with E-state index in [1.807, 2.05) is 31.2 Å². The number of carbonyl (C=O) groups excluding carboxylic acids is 1. The molecule has 0 aliphatic carbocycles. The number of halogens is 2. The van der Waals surface area contributed by atoms with E-state index in [1.165, 1.54) is 12.1 Å². The predicted octanol–water partition coefficient (Wildman–Crippen LogP) is 4.96.